The van der Waals surface area contributed by atoms with Gasteiger partial charge in [0, 0.05) is 5.54 Å². The molecule has 6 rings (SSSR count). The number of rotatable bonds is 7. The van der Waals surface area contributed by atoms with E-state index in [1.807, 2.05) is 0 Å². The number of ether oxygens (including phenoxy) is 1. The molecule has 0 spiro atoms. The van der Waals surface area contributed by atoms with Crippen molar-refractivity contribution in [3.8, 4) is 5.75 Å². The van der Waals surface area contributed by atoms with E-state index in [0.29, 0.717) is 23.5 Å². The van der Waals surface area contributed by atoms with Gasteiger partial charge < -0.3 is 14.5 Å². The normalized spacial score (nSPS) is 27.8. The Kier molecular flexibility index (Phi) is 5.79. The van der Waals surface area contributed by atoms with Crippen molar-refractivity contribution in [2.24, 2.45) is 17.8 Å². The number of carbonyl (C=O) groups is 2. The highest BCUT2D eigenvalue weighted by molar-refractivity contribution is 7.99. The van der Waals surface area contributed by atoms with E-state index >= 15 is 0 Å². The van der Waals surface area contributed by atoms with Crippen LogP contribution >= 0.6 is 11.8 Å². The van der Waals surface area contributed by atoms with Crippen molar-refractivity contribution >= 4 is 23.7 Å². The first kappa shape index (κ1) is 21.2. The van der Waals surface area contributed by atoms with Gasteiger partial charge in [-0.15, -0.1) is 10.2 Å². The van der Waals surface area contributed by atoms with Crippen LogP contribution in [0.5, 0.6) is 5.75 Å². The van der Waals surface area contributed by atoms with Crippen LogP contribution in [0.1, 0.15) is 44.4 Å². The van der Waals surface area contributed by atoms with Gasteiger partial charge in [0.1, 0.15) is 11.6 Å². The summed E-state index contributed by atoms with van der Waals surface area (Å²) in [5, 5.41) is 13.5. The Balaban J connectivity index is 1.06. The number of nitrogens with one attached hydrogen (secondary N) is 2. The van der Waals surface area contributed by atoms with Crippen molar-refractivity contribution in [3.05, 3.63) is 36.0 Å². The Morgan fingerprint density at radius 3 is 2.41 bits per heavy atom. The minimum atomic E-state index is -0.420. The molecule has 0 aliphatic heterocycles. The van der Waals surface area contributed by atoms with Crippen LogP contribution in [-0.2, 0) is 11.4 Å². The summed E-state index contributed by atoms with van der Waals surface area (Å²) in [5.41, 5.74) is -0.141. The van der Waals surface area contributed by atoms with Crippen molar-refractivity contribution in [1.29, 1.82) is 0 Å². The van der Waals surface area contributed by atoms with Crippen LogP contribution in [0.25, 0.3) is 0 Å². The van der Waals surface area contributed by atoms with E-state index in [0.717, 1.165) is 31.0 Å². The minimum Gasteiger partial charge on any atom is -0.484 e. The lowest BCUT2D eigenvalue weighted by Crippen LogP contribution is -2.61. The SMILES string of the molecule is O=C(CSc1nnc(COc2ccc(F)cc2)o1)NC(=O)NC12CC3CC(CC(C3)C1)C2. The first-order valence-corrected chi connectivity index (χ1v) is 11.9. The van der Waals surface area contributed by atoms with Gasteiger partial charge in [-0.1, -0.05) is 11.8 Å². The van der Waals surface area contributed by atoms with Crippen molar-refractivity contribution in [2.75, 3.05) is 5.75 Å². The molecule has 0 atom stereocenters. The summed E-state index contributed by atoms with van der Waals surface area (Å²) in [5.74, 6) is 2.07. The van der Waals surface area contributed by atoms with E-state index in [1.165, 1.54) is 43.5 Å². The Hall–Kier alpha value is -2.62. The molecule has 1 aromatic heterocycles. The number of imide groups is 1. The second-order valence-corrected chi connectivity index (χ2v) is 10.1. The zero-order valence-corrected chi connectivity index (χ0v) is 18.3. The first-order chi connectivity index (χ1) is 15.4. The Morgan fingerprint density at radius 2 is 1.75 bits per heavy atom. The fraction of sp³-hybridized carbons (Fsp3) is 0.545. The summed E-state index contributed by atoms with van der Waals surface area (Å²) in [4.78, 5) is 24.7. The number of thioether (sulfide) groups is 1. The lowest BCUT2D eigenvalue weighted by molar-refractivity contribution is -0.117. The van der Waals surface area contributed by atoms with Gasteiger partial charge in [0.15, 0.2) is 6.61 Å². The Bertz CT molecular complexity index is 961. The van der Waals surface area contributed by atoms with E-state index in [2.05, 4.69) is 20.8 Å². The maximum atomic E-state index is 12.9. The Morgan fingerprint density at radius 1 is 1.09 bits per heavy atom. The molecule has 0 saturated heterocycles. The average molecular weight is 461 g/mol. The van der Waals surface area contributed by atoms with Crippen molar-refractivity contribution in [3.63, 3.8) is 0 Å². The van der Waals surface area contributed by atoms with E-state index in [4.69, 9.17) is 9.15 Å². The van der Waals surface area contributed by atoms with E-state index in [1.54, 1.807) is 0 Å². The molecule has 8 nitrogen and oxygen atoms in total. The summed E-state index contributed by atoms with van der Waals surface area (Å²) >= 11 is 1.05. The smallest absolute Gasteiger partial charge is 0.321 e. The summed E-state index contributed by atoms with van der Waals surface area (Å²) in [7, 11) is 0. The molecule has 32 heavy (non-hydrogen) atoms. The molecule has 2 N–H and O–H groups in total. The average Bonchev–Trinajstić information content (AvgIpc) is 3.18. The highest BCUT2D eigenvalue weighted by Gasteiger charge is 2.51. The molecule has 4 aliphatic rings. The van der Waals surface area contributed by atoms with Crippen LogP contribution < -0.4 is 15.4 Å². The second-order valence-electron chi connectivity index (χ2n) is 9.19. The van der Waals surface area contributed by atoms with Gasteiger partial charge in [-0.3, -0.25) is 10.1 Å². The van der Waals surface area contributed by atoms with Crippen LogP contribution in [-0.4, -0.2) is 33.4 Å². The number of nitrogens with zero attached hydrogens (tertiary/aromatic N) is 2. The summed E-state index contributed by atoms with van der Waals surface area (Å²) in [6, 6.07) is 5.17. The number of benzene rings is 1. The molecule has 4 aliphatic carbocycles. The Labute approximate surface area is 189 Å². The van der Waals surface area contributed by atoms with Crippen molar-refractivity contribution in [1.82, 2.24) is 20.8 Å². The third-order valence-electron chi connectivity index (χ3n) is 6.62. The highest BCUT2D eigenvalue weighted by Crippen LogP contribution is 2.55. The quantitative estimate of drug-likeness (QED) is 0.607. The summed E-state index contributed by atoms with van der Waals surface area (Å²) < 4.78 is 23.8. The molecule has 4 fully saturated rings. The van der Waals surface area contributed by atoms with Gasteiger partial charge in [0.25, 0.3) is 11.1 Å². The van der Waals surface area contributed by atoms with Gasteiger partial charge in [-0.25, -0.2) is 9.18 Å². The maximum absolute atomic E-state index is 12.9. The highest BCUT2D eigenvalue weighted by atomic mass is 32.2. The third kappa shape index (κ3) is 4.90. The fourth-order valence-corrected chi connectivity index (χ4v) is 6.44. The minimum absolute atomic E-state index is 0.0191. The second kappa shape index (κ2) is 8.73. The molecule has 0 unspecified atom stereocenters. The lowest BCUT2D eigenvalue weighted by Gasteiger charge is -2.56. The van der Waals surface area contributed by atoms with E-state index in [9.17, 15) is 14.0 Å². The van der Waals surface area contributed by atoms with Crippen LogP contribution in [0.4, 0.5) is 9.18 Å². The number of amides is 3. The standard InChI is InChI=1S/C22H25FN4O4S/c23-16-1-3-17(4-2-16)30-11-19-26-27-21(31-19)32-12-18(28)24-20(29)25-22-8-13-5-14(9-22)7-15(6-13)10-22/h1-4,13-15H,5-12H2,(H2,24,25,28,29). The summed E-state index contributed by atoms with van der Waals surface area (Å²) in [6.45, 7) is 0.0266. The molecular weight excluding hydrogens is 435 g/mol. The molecule has 4 saturated carbocycles. The third-order valence-corrected chi connectivity index (χ3v) is 7.44. The van der Waals surface area contributed by atoms with Crippen LogP contribution in [0.15, 0.2) is 33.9 Å². The molecule has 4 bridgehead atoms. The van der Waals surface area contributed by atoms with Gasteiger partial charge >= 0.3 is 6.03 Å². The van der Waals surface area contributed by atoms with E-state index < -0.39 is 11.9 Å². The van der Waals surface area contributed by atoms with Crippen LogP contribution in [0.3, 0.4) is 0 Å². The number of carbonyl (C=O) groups excluding carboxylic acids is 2. The van der Waals surface area contributed by atoms with Gasteiger partial charge in [0.05, 0.1) is 5.75 Å². The summed E-state index contributed by atoms with van der Waals surface area (Å²) in [6.07, 6.45) is 6.96. The predicted molar refractivity (Wildman–Crippen MR) is 113 cm³/mol. The molecule has 2 aromatic rings. The molecule has 1 aromatic carbocycles. The molecule has 1 heterocycles. The maximum Gasteiger partial charge on any atom is 0.321 e. The predicted octanol–water partition coefficient (Wildman–Crippen LogP) is 3.67. The lowest BCUT2D eigenvalue weighted by atomic mass is 9.53. The number of aromatic nitrogens is 2. The van der Waals surface area contributed by atoms with Gasteiger partial charge in [-0.2, -0.15) is 0 Å². The first-order valence-electron chi connectivity index (χ1n) is 10.9. The van der Waals surface area contributed by atoms with Gasteiger partial charge in [-0.05, 0) is 80.5 Å². The number of hydrogen-bond donors (Lipinski definition) is 2. The molecule has 3 amide bonds. The van der Waals surface area contributed by atoms with Crippen LogP contribution in [0, 0.1) is 23.6 Å². The zero-order valence-electron chi connectivity index (χ0n) is 17.5. The zero-order chi connectivity index (χ0) is 22.1. The monoisotopic (exact) mass is 460 g/mol. The number of hydrogen-bond acceptors (Lipinski definition) is 7. The number of urea groups is 1. The molecular formula is C22H25FN4O4S. The fourth-order valence-electron chi connectivity index (χ4n) is 5.86. The van der Waals surface area contributed by atoms with Crippen LogP contribution in [0.2, 0.25) is 0 Å². The van der Waals surface area contributed by atoms with E-state index in [-0.39, 0.29) is 34.8 Å². The number of halogens is 1. The largest absolute Gasteiger partial charge is 0.484 e. The molecule has 170 valence electrons. The molecule has 10 heteroatoms. The van der Waals surface area contributed by atoms with Gasteiger partial charge in [0.2, 0.25) is 5.91 Å². The van der Waals surface area contributed by atoms with Crippen molar-refractivity contribution in [2.45, 2.75) is 55.9 Å². The van der Waals surface area contributed by atoms with Crippen molar-refractivity contribution < 1.29 is 23.1 Å². The molecule has 0 radical (unpaired) electrons. The topological polar surface area (TPSA) is 106 Å².